The maximum Gasteiger partial charge on any atom is 0.309 e. The lowest BCUT2D eigenvalue weighted by atomic mass is 9.86. The number of hydrogen-bond donors (Lipinski definition) is 4. The lowest BCUT2D eigenvalue weighted by Gasteiger charge is -2.18. The van der Waals surface area contributed by atoms with Gasteiger partial charge in [0.1, 0.15) is 0 Å². The fraction of sp³-hybridized carbons (Fsp3) is 0.714. The van der Waals surface area contributed by atoms with Gasteiger partial charge in [-0.1, -0.05) is 13.8 Å². The molecule has 128 valence electrons. The smallest absolute Gasteiger partial charge is 0.309 e. The van der Waals surface area contributed by atoms with Crippen LogP contribution in [0.1, 0.15) is 53.4 Å². The van der Waals surface area contributed by atoms with Gasteiger partial charge >= 0.3 is 23.9 Å². The van der Waals surface area contributed by atoms with E-state index in [4.69, 9.17) is 20.4 Å². The largest absolute Gasteiger partial charge is 0.481 e. The second kappa shape index (κ2) is 9.01. The molecule has 4 N–H and O–H groups in total. The standard InChI is InChI=1S/2C7H12O4/c1-7(2,3-5(8)9)4-6(10)11;1-7(2,6(10)11)4-3-5(8)9/h2*3-4H2,1-2H3,(H,8,9)(H,10,11). The summed E-state index contributed by atoms with van der Waals surface area (Å²) in [5, 5.41) is 33.6. The summed E-state index contributed by atoms with van der Waals surface area (Å²) in [7, 11) is 0. The van der Waals surface area contributed by atoms with Gasteiger partial charge in [-0.15, -0.1) is 0 Å². The minimum atomic E-state index is -0.962. The zero-order valence-corrected chi connectivity index (χ0v) is 13.3. The van der Waals surface area contributed by atoms with Crippen LogP contribution in [0.2, 0.25) is 0 Å². The summed E-state index contributed by atoms with van der Waals surface area (Å²) in [5.41, 5.74) is -1.59. The van der Waals surface area contributed by atoms with Crippen LogP contribution < -0.4 is 0 Å². The van der Waals surface area contributed by atoms with Gasteiger partial charge in [0.05, 0.1) is 18.3 Å². The van der Waals surface area contributed by atoms with Gasteiger partial charge in [0.25, 0.3) is 0 Å². The zero-order valence-electron chi connectivity index (χ0n) is 13.3. The second-order valence-electron chi connectivity index (χ2n) is 6.39. The van der Waals surface area contributed by atoms with E-state index in [-0.39, 0.29) is 25.7 Å². The van der Waals surface area contributed by atoms with Crippen molar-refractivity contribution in [3.63, 3.8) is 0 Å². The van der Waals surface area contributed by atoms with Gasteiger partial charge < -0.3 is 20.4 Å². The van der Waals surface area contributed by atoms with Crippen molar-refractivity contribution in [2.24, 2.45) is 10.8 Å². The lowest BCUT2D eigenvalue weighted by molar-refractivity contribution is -0.148. The van der Waals surface area contributed by atoms with E-state index in [1.807, 2.05) is 0 Å². The molecule has 0 heterocycles. The van der Waals surface area contributed by atoms with E-state index in [0.717, 1.165) is 0 Å². The van der Waals surface area contributed by atoms with Crippen LogP contribution in [0.4, 0.5) is 0 Å². The average molecular weight is 320 g/mol. The Labute approximate surface area is 128 Å². The average Bonchev–Trinajstić information content (AvgIpc) is 2.23. The van der Waals surface area contributed by atoms with E-state index in [1.165, 1.54) is 13.8 Å². The Morgan fingerprint density at radius 3 is 1.32 bits per heavy atom. The summed E-state index contributed by atoms with van der Waals surface area (Å²) in [6, 6.07) is 0. The van der Waals surface area contributed by atoms with Gasteiger partial charge in [0.2, 0.25) is 0 Å². The molecule has 22 heavy (non-hydrogen) atoms. The third-order valence-corrected chi connectivity index (χ3v) is 2.80. The molecule has 0 atom stereocenters. The van der Waals surface area contributed by atoms with Crippen molar-refractivity contribution in [2.75, 3.05) is 0 Å². The SMILES string of the molecule is CC(C)(CC(=O)O)CC(=O)O.CC(C)(CCC(=O)O)C(=O)O. The van der Waals surface area contributed by atoms with E-state index >= 15 is 0 Å². The van der Waals surface area contributed by atoms with Crippen molar-refractivity contribution in [1.82, 2.24) is 0 Å². The van der Waals surface area contributed by atoms with Gasteiger partial charge in [-0.05, 0) is 25.7 Å². The third kappa shape index (κ3) is 12.9. The first kappa shape index (κ1) is 22.2. The molecule has 0 aromatic carbocycles. The van der Waals surface area contributed by atoms with Crippen LogP contribution in [-0.4, -0.2) is 44.3 Å². The molecule has 0 saturated carbocycles. The molecule has 8 nitrogen and oxygen atoms in total. The number of carboxylic acid groups (broad SMARTS) is 4. The highest BCUT2D eigenvalue weighted by Gasteiger charge is 2.27. The molecule has 0 saturated heterocycles. The molecule has 0 aromatic heterocycles. The van der Waals surface area contributed by atoms with Crippen LogP contribution in [0.25, 0.3) is 0 Å². The van der Waals surface area contributed by atoms with Crippen LogP contribution >= 0.6 is 0 Å². The maximum atomic E-state index is 10.4. The molecule has 0 fully saturated rings. The minimum Gasteiger partial charge on any atom is -0.481 e. The Morgan fingerprint density at radius 1 is 0.727 bits per heavy atom. The Hall–Kier alpha value is -2.12. The molecule has 8 heteroatoms. The van der Waals surface area contributed by atoms with Crippen LogP contribution in [0, 0.1) is 10.8 Å². The van der Waals surface area contributed by atoms with Crippen molar-refractivity contribution in [1.29, 1.82) is 0 Å². The number of carbonyl (C=O) groups is 4. The van der Waals surface area contributed by atoms with Crippen LogP contribution in [0.3, 0.4) is 0 Å². The highest BCUT2D eigenvalue weighted by atomic mass is 16.4. The van der Waals surface area contributed by atoms with E-state index in [1.54, 1.807) is 13.8 Å². The van der Waals surface area contributed by atoms with E-state index in [0.29, 0.717) is 0 Å². The fourth-order valence-electron chi connectivity index (χ4n) is 1.41. The first-order valence-corrected chi connectivity index (χ1v) is 6.58. The van der Waals surface area contributed by atoms with Crippen LogP contribution in [0.15, 0.2) is 0 Å². The first-order valence-electron chi connectivity index (χ1n) is 6.58. The quantitative estimate of drug-likeness (QED) is 0.530. The predicted molar refractivity (Wildman–Crippen MR) is 76.6 cm³/mol. The number of aliphatic carboxylic acids is 4. The zero-order chi connectivity index (χ0) is 18.1. The van der Waals surface area contributed by atoms with Gasteiger partial charge in [-0.2, -0.15) is 0 Å². The van der Waals surface area contributed by atoms with Crippen molar-refractivity contribution >= 4 is 23.9 Å². The molecule has 0 spiro atoms. The summed E-state index contributed by atoms with van der Waals surface area (Å²) < 4.78 is 0. The minimum absolute atomic E-state index is 0.0979. The van der Waals surface area contributed by atoms with Crippen molar-refractivity contribution in [3.05, 3.63) is 0 Å². The summed E-state index contributed by atoms with van der Waals surface area (Å²) in [5.74, 6) is -3.84. The van der Waals surface area contributed by atoms with Gasteiger partial charge in [0.15, 0.2) is 0 Å². The Morgan fingerprint density at radius 2 is 1.09 bits per heavy atom. The summed E-state index contributed by atoms with van der Waals surface area (Å²) in [6.07, 6.45) is -0.157. The molecule has 0 bridgehead atoms. The molecule has 0 aliphatic rings. The Kier molecular flexibility index (Phi) is 9.08. The molecular formula is C14H24O8. The van der Waals surface area contributed by atoms with E-state index < -0.39 is 34.7 Å². The molecule has 0 radical (unpaired) electrons. The first-order chi connectivity index (χ1) is 9.69. The summed E-state index contributed by atoms with van der Waals surface area (Å²) in [4.78, 5) is 40.9. The van der Waals surface area contributed by atoms with Crippen LogP contribution in [0.5, 0.6) is 0 Å². The van der Waals surface area contributed by atoms with Gasteiger partial charge in [-0.3, -0.25) is 19.2 Å². The third-order valence-electron chi connectivity index (χ3n) is 2.80. The molecule has 0 rings (SSSR count). The topological polar surface area (TPSA) is 149 Å². The lowest BCUT2D eigenvalue weighted by Crippen LogP contribution is -2.24. The van der Waals surface area contributed by atoms with Crippen molar-refractivity contribution in [2.45, 2.75) is 53.4 Å². The van der Waals surface area contributed by atoms with Gasteiger partial charge in [0, 0.05) is 6.42 Å². The number of hydrogen-bond acceptors (Lipinski definition) is 4. The highest BCUT2D eigenvalue weighted by Crippen LogP contribution is 2.24. The molecular weight excluding hydrogens is 296 g/mol. The summed E-state index contributed by atoms with van der Waals surface area (Å²) in [6.45, 7) is 6.26. The molecule has 0 aliphatic heterocycles. The normalized spacial score (nSPS) is 11.1. The predicted octanol–water partition coefficient (Wildman–Crippen LogP) is 1.92. The van der Waals surface area contributed by atoms with E-state index in [9.17, 15) is 19.2 Å². The van der Waals surface area contributed by atoms with Gasteiger partial charge in [-0.25, -0.2) is 0 Å². The maximum absolute atomic E-state index is 10.4. The Balaban J connectivity index is 0. The molecule has 0 aromatic rings. The van der Waals surface area contributed by atoms with Crippen molar-refractivity contribution in [3.8, 4) is 0 Å². The summed E-state index contributed by atoms with van der Waals surface area (Å²) >= 11 is 0. The monoisotopic (exact) mass is 320 g/mol. The number of rotatable bonds is 8. The molecule has 0 amide bonds. The molecule has 0 aliphatic carbocycles. The van der Waals surface area contributed by atoms with Crippen molar-refractivity contribution < 1.29 is 39.6 Å². The second-order valence-corrected chi connectivity index (χ2v) is 6.39. The number of carboxylic acids is 4. The van der Waals surface area contributed by atoms with E-state index in [2.05, 4.69) is 0 Å². The molecule has 0 unspecified atom stereocenters. The fourth-order valence-corrected chi connectivity index (χ4v) is 1.41. The van der Waals surface area contributed by atoms with Crippen LogP contribution in [-0.2, 0) is 19.2 Å². The Bertz CT molecular complexity index is 405. The highest BCUT2D eigenvalue weighted by molar-refractivity contribution is 5.75.